The predicted octanol–water partition coefficient (Wildman–Crippen LogP) is 2.80. The highest BCUT2D eigenvalue weighted by molar-refractivity contribution is 14.0. The third kappa shape index (κ3) is 9.42. The van der Waals surface area contributed by atoms with Gasteiger partial charge in [-0.15, -0.1) is 24.0 Å². The van der Waals surface area contributed by atoms with Crippen molar-refractivity contribution in [3.05, 3.63) is 35.9 Å². The van der Waals surface area contributed by atoms with Crippen LogP contribution in [0.1, 0.15) is 39.7 Å². The van der Waals surface area contributed by atoms with Gasteiger partial charge < -0.3 is 20.6 Å². The molecule has 25 heavy (non-hydrogen) atoms. The summed E-state index contributed by atoms with van der Waals surface area (Å²) < 4.78 is 0. The number of aliphatic imine (C=N–C) groups is 1. The molecule has 3 N–H and O–H groups in total. The third-order valence-corrected chi connectivity index (χ3v) is 4.12. The third-order valence-electron chi connectivity index (χ3n) is 4.12. The molecule has 1 unspecified atom stereocenters. The van der Waals surface area contributed by atoms with Crippen molar-refractivity contribution >= 4 is 29.9 Å². The van der Waals surface area contributed by atoms with Gasteiger partial charge in [-0.1, -0.05) is 44.2 Å². The van der Waals surface area contributed by atoms with Crippen molar-refractivity contribution in [1.82, 2.24) is 15.5 Å². The van der Waals surface area contributed by atoms with Gasteiger partial charge in [0.15, 0.2) is 5.96 Å². The number of benzene rings is 1. The normalized spacial score (nSPS) is 13.9. The number of guanidine groups is 1. The van der Waals surface area contributed by atoms with Gasteiger partial charge in [-0.25, -0.2) is 4.99 Å². The van der Waals surface area contributed by atoms with Crippen LogP contribution in [-0.4, -0.2) is 55.2 Å². The van der Waals surface area contributed by atoms with Gasteiger partial charge in [0.25, 0.3) is 0 Å². The SMILES string of the molecule is CCNC(=NCC(C)(O)c1ccccc1)NCCCN(CC)CC.I. The molecule has 144 valence electrons. The number of nitrogens with zero attached hydrogens (tertiary/aromatic N) is 2. The summed E-state index contributed by atoms with van der Waals surface area (Å²) in [4.78, 5) is 6.96. The minimum Gasteiger partial charge on any atom is -0.384 e. The number of aliphatic hydroxyl groups is 1. The van der Waals surface area contributed by atoms with Crippen molar-refractivity contribution in [3.63, 3.8) is 0 Å². The average Bonchev–Trinajstić information content (AvgIpc) is 2.60. The van der Waals surface area contributed by atoms with Gasteiger partial charge in [0.2, 0.25) is 0 Å². The van der Waals surface area contributed by atoms with Crippen LogP contribution in [-0.2, 0) is 5.60 Å². The molecule has 0 saturated heterocycles. The fraction of sp³-hybridized carbons (Fsp3) is 0.632. The smallest absolute Gasteiger partial charge is 0.191 e. The Morgan fingerprint density at radius 1 is 1.12 bits per heavy atom. The molecule has 0 heterocycles. The topological polar surface area (TPSA) is 59.9 Å². The highest BCUT2D eigenvalue weighted by Gasteiger charge is 2.22. The number of hydrogen-bond donors (Lipinski definition) is 3. The van der Waals surface area contributed by atoms with E-state index in [-0.39, 0.29) is 24.0 Å². The van der Waals surface area contributed by atoms with Gasteiger partial charge in [-0.2, -0.15) is 0 Å². The second-order valence-electron chi connectivity index (χ2n) is 6.14. The Labute approximate surface area is 170 Å². The van der Waals surface area contributed by atoms with Gasteiger partial charge in [0.1, 0.15) is 5.60 Å². The number of rotatable bonds is 10. The molecule has 0 aliphatic carbocycles. The van der Waals surface area contributed by atoms with Crippen LogP contribution in [0.3, 0.4) is 0 Å². The fourth-order valence-electron chi connectivity index (χ4n) is 2.51. The maximum absolute atomic E-state index is 10.6. The summed E-state index contributed by atoms with van der Waals surface area (Å²) in [5, 5.41) is 17.2. The van der Waals surface area contributed by atoms with Crippen molar-refractivity contribution in [2.24, 2.45) is 4.99 Å². The molecule has 1 aromatic rings. The highest BCUT2D eigenvalue weighted by Crippen LogP contribution is 2.20. The molecule has 0 radical (unpaired) electrons. The maximum atomic E-state index is 10.6. The van der Waals surface area contributed by atoms with E-state index >= 15 is 0 Å². The number of halogens is 1. The minimum absolute atomic E-state index is 0. The van der Waals surface area contributed by atoms with E-state index in [1.807, 2.05) is 37.3 Å². The second kappa shape index (κ2) is 13.4. The van der Waals surface area contributed by atoms with Gasteiger partial charge in [-0.05, 0) is 45.5 Å². The van der Waals surface area contributed by atoms with Crippen molar-refractivity contribution in [3.8, 4) is 0 Å². The van der Waals surface area contributed by atoms with E-state index in [9.17, 15) is 5.11 Å². The number of hydrogen-bond acceptors (Lipinski definition) is 3. The molecule has 1 atom stereocenters. The summed E-state index contributed by atoms with van der Waals surface area (Å²) in [6.45, 7) is 13.5. The lowest BCUT2D eigenvalue weighted by Crippen LogP contribution is -2.40. The summed E-state index contributed by atoms with van der Waals surface area (Å²) in [6, 6.07) is 9.68. The first-order valence-corrected chi connectivity index (χ1v) is 9.05. The summed E-state index contributed by atoms with van der Waals surface area (Å²) in [7, 11) is 0. The Kier molecular flexibility index (Phi) is 12.9. The van der Waals surface area contributed by atoms with Crippen LogP contribution in [0.2, 0.25) is 0 Å². The molecule has 5 nitrogen and oxygen atoms in total. The first-order valence-electron chi connectivity index (χ1n) is 9.05. The fourth-order valence-corrected chi connectivity index (χ4v) is 2.51. The van der Waals surface area contributed by atoms with Crippen LogP contribution in [0.15, 0.2) is 35.3 Å². The van der Waals surface area contributed by atoms with Crippen LogP contribution in [0, 0.1) is 0 Å². The molecule has 0 fully saturated rings. The lowest BCUT2D eigenvalue weighted by Gasteiger charge is -2.23. The van der Waals surface area contributed by atoms with E-state index in [0.29, 0.717) is 6.54 Å². The van der Waals surface area contributed by atoms with E-state index < -0.39 is 5.60 Å². The van der Waals surface area contributed by atoms with E-state index in [2.05, 4.69) is 34.4 Å². The lowest BCUT2D eigenvalue weighted by atomic mass is 9.96. The zero-order valence-corrected chi connectivity index (χ0v) is 18.4. The van der Waals surface area contributed by atoms with E-state index in [1.165, 1.54) is 0 Å². The van der Waals surface area contributed by atoms with Crippen LogP contribution in [0.25, 0.3) is 0 Å². The molecule has 0 amide bonds. The molecule has 0 spiro atoms. The molecule has 0 aliphatic rings. The van der Waals surface area contributed by atoms with Crippen LogP contribution >= 0.6 is 24.0 Å². The van der Waals surface area contributed by atoms with Gasteiger partial charge in [0.05, 0.1) is 6.54 Å². The predicted molar refractivity (Wildman–Crippen MR) is 118 cm³/mol. The molecule has 0 bridgehead atoms. The quantitative estimate of drug-likeness (QED) is 0.217. The van der Waals surface area contributed by atoms with Gasteiger partial charge >= 0.3 is 0 Å². The zero-order valence-electron chi connectivity index (χ0n) is 16.1. The maximum Gasteiger partial charge on any atom is 0.191 e. The Balaban J connectivity index is 0.00000576. The molecule has 0 aliphatic heterocycles. The van der Waals surface area contributed by atoms with Crippen molar-refractivity contribution in [1.29, 1.82) is 0 Å². The molecule has 1 rings (SSSR count). The van der Waals surface area contributed by atoms with Gasteiger partial charge in [-0.3, -0.25) is 0 Å². The van der Waals surface area contributed by atoms with E-state index in [4.69, 9.17) is 0 Å². The molecule has 1 aromatic carbocycles. The van der Waals surface area contributed by atoms with Crippen LogP contribution in [0.5, 0.6) is 0 Å². The standard InChI is InChI=1S/C19H34N4O.HI/c1-5-20-18(21-14-11-15-23(6-2)7-3)22-16-19(4,24)17-12-9-8-10-13-17;/h8-10,12-13,24H,5-7,11,14-16H2,1-4H3,(H2,20,21,22);1H. The Morgan fingerprint density at radius 2 is 1.76 bits per heavy atom. The molecule has 6 heteroatoms. The highest BCUT2D eigenvalue weighted by atomic mass is 127. The van der Waals surface area contributed by atoms with Crippen molar-refractivity contribution in [2.75, 3.05) is 39.3 Å². The van der Waals surface area contributed by atoms with Gasteiger partial charge in [0, 0.05) is 13.1 Å². The first kappa shape index (κ1) is 24.1. The Morgan fingerprint density at radius 3 is 2.32 bits per heavy atom. The molecular formula is C19H35IN4O. The summed E-state index contributed by atoms with van der Waals surface area (Å²) in [6.07, 6.45) is 1.07. The van der Waals surface area contributed by atoms with Crippen LogP contribution < -0.4 is 10.6 Å². The Bertz CT molecular complexity index is 476. The van der Waals surface area contributed by atoms with E-state index in [0.717, 1.165) is 50.7 Å². The van der Waals surface area contributed by atoms with Crippen molar-refractivity contribution < 1.29 is 5.11 Å². The Hall–Kier alpha value is -0.860. The molecular weight excluding hydrogens is 427 g/mol. The molecule has 0 saturated carbocycles. The summed E-state index contributed by atoms with van der Waals surface area (Å²) >= 11 is 0. The molecule has 0 aromatic heterocycles. The first-order chi connectivity index (χ1) is 11.5. The summed E-state index contributed by atoms with van der Waals surface area (Å²) in [5.74, 6) is 0.758. The second-order valence-corrected chi connectivity index (χ2v) is 6.14. The lowest BCUT2D eigenvalue weighted by molar-refractivity contribution is 0.0672. The minimum atomic E-state index is -0.967. The van der Waals surface area contributed by atoms with Crippen LogP contribution in [0.4, 0.5) is 0 Å². The summed E-state index contributed by atoms with van der Waals surface area (Å²) in [5.41, 5.74) is -0.0868. The number of nitrogens with one attached hydrogen (secondary N) is 2. The zero-order chi connectivity index (χ0) is 17.8. The monoisotopic (exact) mass is 462 g/mol. The van der Waals surface area contributed by atoms with Crippen molar-refractivity contribution in [2.45, 2.75) is 39.7 Å². The van der Waals surface area contributed by atoms with E-state index in [1.54, 1.807) is 6.92 Å². The largest absolute Gasteiger partial charge is 0.384 e. The average molecular weight is 462 g/mol.